The van der Waals surface area contributed by atoms with Crippen LogP contribution >= 0.6 is 0 Å². The Morgan fingerprint density at radius 1 is 1.38 bits per heavy atom. The molecule has 16 heavy (non-hydrogen) atoms. The lowest BCUT2D eigenvalue weighted by atomic mass is 10.0. The predicted octanol–water partition coefficient (Wildman–Crippen LogP) is 0.278. The van der Waals surface area contributed by atoms with Crippen LogP contribution in [0, 0.1) is 17.1 Å². The Labute approximate surface area is 92.2 Å². The summed E-state index contributed by atoms with van der Waals surface area (Å²) in [7, 11) is 0. The van der Waals surface area contributed by atoms with Gasteiger partial charge in [-0.1, -0.05) is 12.1 Å². The highest BCUT2D eigenvalue weighted by molar-refractivity contribution is 5.28. The van der Waals surface area contributed by atoms with Gasteiger partial charge in [0.25, 0.3) is 0 Å². The molecule has 0 heterocycles. The maximum absolute atomic E-state index is 13.5. The minimum Gasteiger partial charge on any atom is -0.394 e. The van der Waals surface area contributed by atoms with Gasteiger partial charge in [-0.05, 0) is 11.6 Å². The SMILES string of the molecule is N#CCc1ccc(C(O)C(O)CO)c(F)c1. The van der Waals surface area contributed by atoms with Gasteiger partial charge < -0.3 is 15.3 Å². The first-order valence-corrected chi connectivity index (χ1v) is 4.72. The van der Waals surface area contributed by atoms with Crippen molar-refractivity contribution in [1.82, 2.24) is 0 Å². The summed E-state index contributed by atoms with van der Waals surface area (Å²) in [6.45, 7) is -0.652. The molecule has 0 bridgehead atoms. The number of hydrogen-bond donors (Lipinski definition) is 3. The second-order valence-corrected chi connectivity index (χ2v) is 3.39. The Morgan fingerprint density at radius 2 is 2.06 bits per heavy atom. The quantitative estimate of drug-likeness (QED) is 0.687. The number of nitriles is 1. The van der Waals surface area contributed by atoms with Gasteiger partial charge >= 0.3 is 0 Å². The zero-order valence-corrected chi connectivity index (χ0v) is 8.47. The fraction of sp³-hybridized carbons (Fsp3) is 0.364. The summed E-state index contributed by atoms with van der Waals surface area (Å²) < 4.78 is 13.5. The van der Waals surface area contributed by atoms with Gasteiger partial charge in [-0.25, -0.2) is 4.39 Å². The van der Waals surface area contributed by atoms with Crippen LogP contribution in [0.2, 0.25) is 0 Å². The molecular weight excluding hydrogens is 213 g/mol. The summed E-state index contributed by atoms with van der Waals surface area (Å²) in [5.41, 5.74) is 0.401. The van der Waals surface area contributed by atoms with Crippen LogP contribution in [-0.2, 0) is 6.42 Å². The van der Waals surface area contributed by atoms with E-state index in [1.54, 1.807) is 0 Å². The number of aliphatic hydroxyl groups excluding tert-OH is 3. The van der Waals surface area contributed by atoms with Crippen LogP contribution in [0.15, 0.2) is 18.2 Å². The van der Waals surface area contributed by atoms with Gasteiger partial charge in [-0.2, -0.15) is 5.26 Å². The molecule has 0 aliphatic rings. The van der Waals surface area contributed by atoms with Gasteiger partial charge in [0, 0.05) is 5.56 Å². The van der Waals surface area contributed by atoms with Crippen LogP contribution in [0.1, 0.15) is 17.2 Å². The van der Waals surface area contributed by atoms with E-state index in [1.165, 1.54) is 12.1 Å². The molecule has 0 aliphatic carbocycles. The molecule has 4 nitrogen and oxygen atoms in total. The van der Waals surface area contributed by atoms with Crippen molar-refractivity contribution in [2.24, 2.45) is 0 Å². The summed E-state index contributed by atoms with van der Waals surface area (Å²) in [5, 5.41) is 35.7. The Bertz CT molecular complexity index is 403. The highest BCUT2D eigenvalue weighted by atomic mass is 19.1. The van der Waals surface area contributed by atoms with Crippen LogP contribution in [0.5, 0.6) is 0 Å². The van der Waals surface area contributed by atoms with Crippen LogP contribution in [0.4, 0.5) is 4.39 Å². The molecule has 0 spiro atoms. The summed E-state index contributed by atoms with van der Waals surface area (Å²) >= 11 is 0. The number of aliphatic hydroxyl groups is 3. The summed E-state index contributed by atoms with van der Waals surface area (Å²) in [6.07, 6.45) is -2.81. The molecule has 0 amide bonds. The average Bonchev–Trinajstić information content (AvgIpc) is 2.28. The van der Waals surface area contributed by atoms with Crippen LogP contribution in [0.3, 0.4) is 0 Å². The lowest BCUT2D eigenvalue weighted by molar-refractivity contribution is -0.0168. The van der Waals surface area contributed by atoms with Crippen molar-refractivity contribution in [2.75, 3.05) is 6.61 Å². The van der Waals surface area contributed by atoms with Gasteiger partial charge in [0.15, 0.2) is 0 Å². The zero-order valence-electron chi connectivity index (χ0n) is 8.47. The Morgan fingerprint density at radius 3 is 2.56 bits per heavy atom. The first-order chi connectivity index (χ1) is 7.60. The van der Waals surface area contributed by atoms with Crippen LogP contribution < -0.4 is 0 Å². The first kappa shape index (κ1) is 12.6. The molecule has 1 aromatic rings. The van der Waals surface area contributed by atoms with E-state index in [0.29, 0.717) is 5.56 Å². The number of nitrogens with zero attached hydrogens (tertiary/aromatic N) is 1. The summed E-state index contributed by atoms with van der Waals surface area (Å²) in [5.74, 6) is -0.701. The zero-order chi connectivity index (χ0) is 12.1. The first-order valence-electron chi connectivity index (χ1n) is 4.72. The largest absolute Gasteiger partial charge is 0.394 e. The summed E-state index contributed by atoms with van der Waals surface area (Å²) in [6, 6.07) is 5.80. The molecule has 5 heteroatoms. The minimum absolute atomic E-state index is 0.0792. The normalized spacial score (nSPS) is 14.2. The Hall–Kier alpha value is -1.48. The van der Waals surface area contributed by atoms with Gasteiger partial charge in [-0.15, -0.1) is 0 Å². The van der Waals surface area contributed by atoms with E-state index in [0.717, 1.165) is 6.07 Å². The molecule has 2 unspecified atom stereocenters. The van der Waals surface area contributed by atoms with Crippen LogP contribution in [0.25, 0.3) is 0 Å². The smallest absolute Gasteiger partial charge is 0.129 e. The van der Waals surface area contributed by atoms with E-state index < -0.39 is 24.6 Å². The van der Waals surface area contributed by atoms with E-state index in [9.17, 15) is 9.50 Å². The van der Waals surface area contributed by atoms with Gasteiger partial charge in [0.05, 0.1) is 19.1 Å². The third-order valence-electron chi connectivity index (χ3n) is 2.22. The number of rotatable bonds is 4. The third kappa shape index (κ3) is 2.76. The highest BCUT2D eigenvalue weighted by Gasteiger charge is 2.20. The van der Waals surface area contributed by atoms with Gasteiger partial charge in [0.1, 0.15) is 18.0 Å². The standard InChI is InChI=1S/C11H12FNO3/c12-9-5-7(3-4-13)1-2-8(9)11(16)10(15)6-14/h1-2,5,10-11,14-16H,3,6H2. The Kier molecular flexibility index (Phi) is 4.38. The van der Waals surface area contributed by atoms with E-state index in [1.807, 2.05) is 6.07 Å². The number of hydrogen-bond acceptors (Lipinski definition) is 4. The lowest BCUT2D eigenvalue weighted by Gasteiger charge is -2.16. The molecular formula is C11H12FNO3. The summed E-state index contributed by atoms with van der Waals surface area (Å²) in [4.78, 5) is 0. The second kappa shape index (κ2) is 5.56. The van der Waals surface area contributed by atoms with Gasteiger partial charge in [0.2, 0.25) is 0 Å². The third-order valence-corrected chi connectivity index (χ3v) is 2.22. The van der Waals surface area contributed by atoms with E-state index in [2.05, 4.69) is 0 Å². The maximum Gasteiger partial charge on any atom is 0.129 e. The molecule has 0 radical (unpaired) electrons. The average molecular weight is 225 g/mol. The van der Waals surface area contributed by atoms with Crippen molar-refractivity contribution < 1.29 is 19.7 Å². The molecule has 0 aromatic heterocycles. The fourth-order valence-electron chi connectivity index (χ4n) is 1.32. The molecule has 1 aromatic carbocycles. The minimum atomic E-state index is -1.47. The van der Waals surface area contributed by atoms with Crippen molar-refractivity contribution in [3.8, 4) is 6.07 Å². The highest BCUT2D eigenvalue weighted by Crippen LogP contribution is 2.21. The van der Waals surface area contributed by atoms with Crippen LogP contribution in [-0.4, -0.2) is 28.0 Å². The van der Waals surface area contributed by atoms with E-state index in [4.69, 9.17) is 15.5 Å². The molecule has 86 valence electrons. The lowest BCUT2D eigenvalue weighted by Crippen LogP contribution is -2.22. The van der Waals surface area contributed by atoms with E-state index in [-0.39, 0.29) is 12.0 Å². The van der Waals surface area contributed by atoms with Crippen molar-refractivity contribution in [3.05, 3.63) is 35.1 Å². The molecule has 3 N–H and O–H groups in total. The molecule has 1 rings (SSSR count). The van der Waals surface area contributed by atoms with Crippen molar-refractivity contribution in [3.63, 3.8) is 0 Å². The molecule has 0 fully saturated rings. The predicted molar refractivity (Wildman–Crippen MR) is 53.8 cm³/mol. The molecule has 2 atom stereocenters. The number of benzene rings is 1. The maximum atomic E-state index is 13.5. The topological polar surface area (TPSA) is 84.5 Å². The number of halogens is 1. The fourth-order valence-corrected chi connectivity index (χ4v) is 1.32. The monoisotopic (exact) mass is 225 g/mol. The van der Waals surface area contributed by atoms with Gasteiger partial charge in [-0.3, -0.25) is 0 Å². The van der Waals surface area contributed by atoms with Crippen molar-refractivity contribution >= 4 is 0 Å². The van der Waals surface area contributed by atoms with Crippen molar-refractivity contribution in [1.29, 1.82) is 5.26 Å². The second-order valence-electron chi connectivity index (χ2n) is 3.39. The molecule has 0 aliphatic heterocycles. The molecule has 0 saturated carbocycles. The van der Waals surface area contributed by atoms with E-state index >= 15 is 0 Å². The van der Waals surface area contributed by atoms with Crippen molar-refractivity contribution in [2.45, 2.75) is 18.6 Å². The Balaban J connectivity index is 2.95. The molecule has 0 saturated heterocycles.